The number of nitrogens with one attached hydrogen (secondary N) is 1. The molecule has 0 amide bonds. The summed E-state index contributed by atoms with van der Waals surface area (Å²) in [4.78, 5) is 2.64. The van der Waals surface area contributed by atoms with E-state index in [9.17, 15) is 0 Å². The number of nitrogens with zero attached hydrogens (tertiary/aromatic N) is 1. The van der Waals surface area contributed by atoms with Crippen molar-refractivity contribution in [1.82, 2.24) is 10.2 Å². The molecular formula is C17H26N2. The van der Waals surface area contributed by atoms with Crippen molar-refractivity contribution in [1.29, 1.82) is 0 Å². The Labute approximate surface area is 117 Å². The molecule has 1 aromatic rings. The average Bonchev–Trinajstić information content (AvgIpc) is 3.24. The third kappa shape index (κ3) is 3.37. The fourth-order valence-electron chi connectivity index (χ4n) is 3.27. The lowest BCUT2D eigenvalue weighted by molar-refractivity contribution is 0.140. The van der Waals surface area contributed by atoms with Crippen LogP contribution in [0.5, 0.6) is 0 Å². The highest BCUT2D eigenvalue weighted by Gasteiger charge is 2.32. The zero-order valence-corrected chi connectivity index (χ0v) is 12.1. The molecule has 2 heteroatoms. The Balaban J connectivity index is 1.56. The molecule has 1 N–H and O–H groups in total. The van der Waals surface area contributed by atoms with E-state index in [1.54, 1.807) is 0 Å². The lowest BCUT2D eigenvalue weighted by Crippen LogP contribution is -2.56. The van der Waals surface area contributed by atoms with Crippen molar-refractivity contribution in [2.24, 2.45) is 5.92 Å². The van der Waals surface area contributed by atoms with E-state index in [1.165, 1.54) is 44.3 Å². The minimum Gasteiger partial charge on any atom is -0.305 e. The number of hydrogen-bond donors (Lipinski definition) is 1. The molecule has 2 nitrogen and oxygen atoms in total. The number of rotatable bonds is 5. The number of hydrogen-bond acceptors (Lipinski definition) is 2. The summed E-state index contributed by atoms with van der Waals surface area (Å²) < 4.78 is 0. The first kappa shape index (κ1) is 13.1. The molecule has 1 heterocycles. The van der Waals surface area contributed by atoms with Crippen LogP contribution in [0.15, 0.2) is 30.3 Å². The monoisotopic (exact) mass is 258 g/mol. The van der Waals surface area contributed by atoms with Crippen LogP contribution in [0.3, 0.4) is 0 Å². The molecule has 0 radical (unpaired) electrons. The normalized spacial score (nSPS) is 28.5. The predicted octanol–water partition coefficient (Wildman–Crippen LogP) is 3.00. The summed E-state index contributed by atoms with van der Waals surface area (Å²) in [5, 5.41) is 3.71. The van der Waals surface area contributed by atoms with Gasteiger partial charge in [0.25, 0.3) is 0 Å². The van der Waals surface area contributed by atoms with Crippen LogP contribution in [0, 0.1) is 5.92 Å². The fraction of sp³-hybridized carbons (Fsp3) is 0.647. The number of benzene rings is 1. The Morgan fingerprint density at radius 2 is 2.05 bits per heavy atom. The van der Waals surface area contributed by atoms with Crippen LogP contribution in [0.1, 0.15) is 38.2 Å². The van der Waals surface area contributed by atoms with Crippen LogP contribution in [-0.4, -0.2) is 31.1 Å². The first-order valence-electron chi connectivity index (χ1n) is 7.79. The van der Waals surface area contributed by atoms with Crippen molar-refractivity contribution in [2.75, 3.05) is 26.2 Å². The molecular weight excluding hydrogens is 232 g/mol. The Bertz CT molecular complexity index is 399. The molecule has 0 aromatic heterocycles. The van der Waals surface area contributed by atoms with Gasteiger partial charge in [-0.15, -0.1) is 0 Å². The van der Waals surface area contributed by atoms with E-state index in [2.05, 4.69) is 47.5 Å². The lowest BCUT2D eigenvalue weighted by Gasteiger charge is -2.42. The van der Waals surface area contributed by atoms with Gasteiger partial charge in [-0.3, -0.25) is 4.90 Å². The van der Waals surface area contributed by atoms with Gasteiger partial charge in [-0.25, -0.2) is 0 Å². The zero-order valence-electron chi connectivity index (χ0n) is 12.1. The highest BCUT2D eigenvalue weighted by atomic mass is 15.2. The highest BCUT2D eigenvalue weighted by Crippen LogP contribution is 2.33. The molecule has 1 saturated carbocycles. The Hall–Kier alpha value is -0.860. The van der Waals surface area contributed by atoms with Gasteiger partial charge >= 0.3 is 0 Å². The van der Waals surface area contributed by atoms with Crippen molar-refractivity contribution < 1.29 is 0 Å². The second-order valence-corrected chi connectivity index (χ2v) is 6.49. The van der Waals surface area contributed by atoms with Crippen LogP contribution in [0.2, 0.25) is 0 Å². The molecule has 1 saturated heterocycles. The minimum atomic E-state index is 0.124. The molecule has 2 aliphatic rings. The van der Waals surface area contributed by atoms with E-state index in [4.69, 9.17) is 0 Å². The lowest BCUT2D eigenvalue weighted by atomic mass is 9.89. The first-order chi connectivity index (χ1) is 9.26. The number of piperazine rings is 1. The molecule has 104 valence electrons. The summed E-state index contributed by atoms with van der Waals surface area (Å²) in [6, 6.07) is 10.9. The minimum absolute atomic E-state index is 0.124. The summed E-state index contributed by atoms with van der Waals surface area (Å²) in [5.41, 5.74) is 1.54. The van der Waals surface area contributed by atoms with E-state index in [0.29, 0.717) is 0 Å². The van der Waals surface area contributed by atoms with E-state index in [1.807, 2.05) is 0 Å². The summed E-state index contributed by atoms with van der Waals surface area (Å²) in [5.74, 6) is 1.07. The van der Waals surface area contributed by atoms with Crippen LogP contribution >= 0.6 is 0 Å². The maximum absolute atomic E-state index is 3.71. The molecule has 1 aromatic carbocycles. The van der Waals surface area contributed by atoms with E-state index >= 15 is 0 Å². The SMILES string of the molecule is CC1(c2ccccc2)CN(CCCC2CC2)CCN1. The van der Waals surface area contributed by atoms with Crippen molar-refractivity contribution in [3.63, 3.8) is 0 Å². The quantitative estimate of drug-likeness (QED) is 0.873. The summed E-state index contributed by atoms with van der Waals surface area (Å²) in [6.07, 6.45) is 5.81. The predicted molar refractivity (Wildman–Crippen MR) is 80.2 cm³/mol. The molecule has 19 heavy (non-hydrogen) atoms. The Morgan fingerprint density at radius 1 is 1.26 bits per heavy atom. The molecule has 3 rings (SSSR count). The highest BCUT2D eigenvalue weighted by molar-refractivity contribution is 5.24. The summed E-state index contributed by atoms with van der Waals surface area (Å²) in [7, 11) is 0. The maximum atomic E-state index is 3.71. The molecule has 2 fully saturated rings. The van der Waals surface area contributed by atoms with Crippen molar-refractivity contribution in [2.45, 2.75) is 38.1 Å². The second-order valence-electron chi connectivity index (χ2n) is 6.49. The van der Waals surface area contributed by atoms with Gasteiger partial charge in [0.05, 0.1) is 5.54 Å². The van der Waals surface area contributed by atoms with Gasteiger partial charge in [0.2, 0.25) is 0 Å². The van der Waals surface area contributed by atoms with Gasteiger partial charge in [0.1, 0.15) is 0 Å². The molecule has 1 aliphatic heterocycles. The second kappa shape index (κ2) is 5.64. The van der Waals surface area contributed by atoms with Crippen molar-refractivity contribution in [3.05, 3.63) is 35.9 Å². The van der Waals surface area contributed by atoms with Gasteiger partial charge in [-0.1, -0.05) is 43.2 Å². The third-order valence-electron chi connectivity index (χ3n) is 4.68. The standard InChI is InChI=1S/C17H26N2/c1-17(16-7-3-2-4-8-16)14-19(13-11-18-17)12-5-6-15-9-10-15/h2-4,7-8,15,18H,5-6,9-14H2,1H3. The molecule has 1 unspecified atom stereocenters. The topological polar surface area (TPSA) is 15.3 Å². The Kier molecular flexibility index (Phi) is 3.90. The van der Waals surface area contributed by atoms with Gasteiger partial charge in [-0.05, 0) is 37.8 Å². The van der Waals surface area contributed by atoms with E-state index in [0.717, 1.165) is 19.0 Å². The van der Waals surface area contributed by atoms with E-state index in [-0.39, 0.29) is 5.54 Å². The van der Waals surface area contributed by atoms with Crippen LogP contribution < -0.4 is 5.32 Å². The Morgan fingerprint density at radius 3 is 2.79 bits per heavy atom. The van der Waals surface area contributed by atoms with Gasteiger partial charge < -0.3 is 5.32 Å². The van der Waals surface area contributed by atoms with Crippen LogP contribution in [0.25, 0.3) is 0 Å². The van der Waals surface area contributed by atoms with Gasteiger partial charge in [0, 0.05) is 19.6 Å². The zero-order chi connectivity index (χ0) is 13.1. The third-order valence-corrected chi connectivity index (χ3v) is 4.68. The molecule has 0 bridgehead atoms. The van der Waals surface area contributed by atoms with Crippen molar-refractivity contribution in [3.8, 4) is 0 Å². The van der Waals surface area contributed by atoms with Crippen molar-refractivity contribution >= 4 is 0 Å². The van der Waals surface area contributed by atoms with Crippen LogP contribution in [-0.2, 0) is 5.54 Å². The molecule has 1 aliphatic carbocycles. The van der Waals surface area contributed by atoms with Gasteiger partial charge in [-0.2, -0.15) is 0 Å². The maximum Gasteiger partial charge on any atom is 0.0535 e. The smallest absolute Gasteiger partial charge is 0.0535 e. The average molecular weight is 258 g/mol. The summed E-state index contributed by atoms with van der Waals surface area (Å²) >= 11 is 0. The largest absolute Gasteiger partial charge is 0.305 e. The first-order valence-corrected chi connectivity index (χ1v) is 7.79. The molecule has 1 atom stereocenters. The van der Waals surface area contributed by atoms with Crippen LogP contribution in [0.4, 0.5) is 0 Å². The fourth-order valence-corrected chi connectivity index (χ4v) is 3.27. The van der Waals surface area contributed by atoms with E-state index < -0.39 is 0 Å². The summed E-state index contributed by atoms with van der Waals surface area (Å²) in [6.45, 7) is 7.07. The molecule has 0 spiro atoms. The van der Waals surface area contributed by atoms with Gasteiger partial charge in [0.15, 0.2) is 0 Å².